The van der Waals surface area contributed by atoms with Crippen molar-refractivity contribution in [1.29, 1.82) is 0 Å². The quantitative estimate of drug-likeness (QED) is 0.0906. The van der Waals surface area contributed by atoms with Gasteiger partial charge in [-0.2, -0.15) is 0 Å². The summed E-state index contributed by atoms with van der Waals surface area (Å²) in [6.07, 6.45) is 7.99. The number of carboxylic acids is 1. The number of nitrogens with zero attached hydrogens (tertiary/aromatic N) is 1. The number of rotatable bonds is 23. The first-order valence-electron chi connectivity index (χ1n) is 13.2. The molecule has 0 saturated heterocycles. The molecule has 9 nitrogen and oxygen atoms in total. The van der Waals surface area contributed by atoms with Gasteiger partial charge in [-0.1, -0.05) is 65.2 Å². The molecule has 0 aliphatic rings. The minimum absolute atomic E-state index is 0.150. The standard InChI is InChI=1S/C26H49NO8/c1-6-8-10-12-14-16-23(28)33-20-22(35-24(29)17-15-13-11-9-7-2)21-34-26(25(30)31)32-19-18-27(3,4)5/h22,26H,6-21H2,1-5H3. The van der Waals surface area contributed by atoms with Gasteiger partial charge in [0.2, 0.25) is 0 Å². The monoisotopic (exact) mass is 503 g/mol. The lowest BCUT2D eigenvalue weighted by atomic mass is 10.1. The molecule has 0 fully saturated rings. The number of esters is 2. The first-order valence-corrected chi connectivity index (χ1v) is 13.2. The van der Waals surface area contributed by atoms with Crippen LogP contribution in [0.5, 0.6) is 0 Å². The van der Waals surface area contributed by atoms with Gasteiger partial charge in [0, 0.05) is 12.8 Å². The summed E-state index contributed by atoms with van der Waals surface area (Å²) < 4.78 is 22.0. The van der Waals surface area contributed by atoms with E-state index in [9.17, 15) is 19.5 Å². The van der Waals surface area contributed by atoms with Crippen molar-refractivity contribution in [2.75, 3.05) is 47.5 Å². The Kier molecular flexibility index (Phi) is 19.5. The Bertz CT molecular complexity index is 576. The molecule has 0 bridgehead atoms. The molecule has 2 unspecified atom stereocenters. The zero-order valence-electron chi connectivity index (χ0n) is 22.7. The van der Waals surface area contributed by atoms with Gasteiger partial charge in [-0.05, 0) is 12.8 Å². The second kappa shape index (κ2) is 20.5. The van der Waals surface area contributed by atoms with Crippen LogP contribution in [0.4, 0.5) is 0 Å². The molecule has 0 aliphatic heterocycles. The van der Waals surface area contributed by atoms with Gasteiger partial charge in [-0.3, -0.25) is 9.59 Å². The van der Waals surface area contributed by atoms with E-state index in [1.807, 2.05) is 21.1 Å². The van der Waals surface area contributed by atoms with Crippen molar-refractivity contribution in [3.05, 3.63) is 0 Å². The fourth-order valence-electron chi connectivity index (χ4n) is 3.18. The van der Waals surface area contributed by atoms with E-state index in [1.54, 1.807) is 0 Å². The van der Waals surface area contributed by atoms with E-state index in [0.29, 0.717) is 23.9 Å². The number of hydrogen-bond acceptors (Lipinski definition) is 8. The number of quaternary nitrogens is 1. The van der Waals surface area contributed by atoms with E-state index in [4.69, 9.17) is 18.9 Å². The lowest BCUT2D eigenvalue weighted by molar-refractivity contribution is -0.870. The van der Waals surface area contributed by atoms with Gasteiger partial charge in [0.15, 0.2) is 12.4 Å². The Morgan fingerprint density at radius 1 is 0.743 bits per heavy atom. The summed E-state index contributed by atoms with van der Waals surface area (Å²) in [5, 5.41) is 11.4. The highest BCUT2D eigenvalue weighted by atomic mass is 16.7. The van der Waals surface area contributed by atoms with Crippen LogP contribution in [0.1, 0.15) is 90.9 Å². The largest absolute Gasteiger partial charge is 0.545 e. The summed E-state index contributed by atoms with van der Waals surface area (Å²) in [7, 11) is 5.86. The number of aliphatic carboxylic acids is 1. The topological polar surface area (TPSA) is 111 Å². The van der Waals surface area contributed by atoms with Crippen molar-refractivity contribution in [3.8, 4) is 0 Å². The third-order valence-electron chi connectivity index (χ3n) is 5.35. The molecule has 0 saturated carbocycles. The summed E-state index contributed by atoms with van der Waals surface area (Å²) in [6.45, 7) is 4.49. The second-order valence-corrected chi connectivity index (χ2v) is 9.99. The Balaban J connectivity index is 4.73. The maximum atomic E-state index is 12.3. The minimum atomic E-state index is -1.61. The molecule has 9 heteroatoms. The highest BCUT2D eigenvalue weighted by molar-refractivity contribution is 5.70. The highest BCUT2D eigenvalue weighted by Gasteiger charge is 2.21. The Morgan fingerprint density at radius 2 is 1.29 bits per heavy atom. The third kappa shape index (κ3) is 21.3. The fraction of sp³-hybridized carbons (Fsp3) is 0.885. The Labute approximate surface area is 212 Å². The van der Waals surface area contributed by atoms with Crippen LogP contribution >= 0.6 is 0 Å². The highest BCUT2D eigenvalue weighted by Crippen LogP contribution is 2.10. The predicted molar refractivity (Wildman–Crippen MR) is 131 cm³/mol. The van der Waals surface area contributed by atoms with Gasteiger partial charge >= 0.3 is 11.9 Å². The average molecular weight is 504 g/mol. The molecule has 0 spiro atoms. The van der Waals surface area contributed by atoms with Gasteiger partial charge in [-0.15, -0.1) is 0 Å². The molecule has 206 valence electrons. The van der Waals surface area contributed by atoms with Gasteiger partial charge in [0.1, 0.15) is 13.2 Å². The van der Waals surface area contributed by atoms with Gasteiger partial charge in [0.05, 0.1) is 40.3 Å². The molecule has 0 aromatic carbocycles. The number of carbonyl (C=O) groups excluding carboxylic acids is 3. The maximum absolute atomic E-state index is 12.3. The molecule has 0 heterocycles. The first kappa shape index (κ1) is 33.3. The molecule has 0 amide bonds. The zero-order valence-corrected chi connectivity index (χ0v) is 22.7. The van der Waals surface area contributed by atoms with Crippen molar-refractivity contribution in [2.45, 2.75) is 103 Å². The third-order valence-corrected chi connectivity index (χ3v) is 5.35. The second-order valence-electron chi connectivity index (χ2n) is 9.99. The molecule has 0 radical (unpaired) electrons. The number of likely N-dealkylation sites (N-methyl/N-ethyl adjacent to an activating group) is 1. The van der Waals surface area contributed by atoms with E-state index in [2.05, 4.69) is 13.8 Å². The lowest BCUT2D eigenvalue weighted by Gasteiger charge is -2.26. The zero-order chi connectivity index (χ0) is 26.5. The number of unbranched alkanes of at least 4 members (excludes halogenated alkanes) is 8. The summed E-state index contributed by atoms with van der Waals surface area (Å²) in [4.78, 5) is 35.8. The Morgan fingerprint density at radius 3 is 1.80 bits per heavy atom. The van der Waals surface area contributed by atoms with E-state index >= 15 is 0 Å². The normalized spacial score (nSPS) is 13.3. The predicted octanol–water partition coefficient (Wildman–Crippen LogP) is 2.98. The van der Waals surface area contributed by atoms with Crippen LogP contribution < -0.4 is 5.11 Å². The van der Waals surface area contributed by atoms with E-state index in [-0.39, 0.29) is 32.2 Å². The van der Waals surface area contributed by atoms with Crippen LogP contribution in [0.2, 0.25) is 0 Å². The van der Waals surface area contributed by atoms with E-state index in [1.165, 1.54) is 0 Å². The molecular formula is C26H49NO8. The maximum Gasteiger partial charge on any atom is 0.306 e. The molecule has 0 N–H and O–H groups in total. The van der Waals surface area contributed by atoms with Crippen LogP contribution in [-0.2, 0) is 33.3 Å². The van der Waals surface area contributed by atoms with Crippen molar-refractivity contribution in [1.82, 2.24) is 0 Å². The minimum Gasteiger partial charge on any atom is -0.545 e. The van der Waals surface area contributed by atoms with Crippen LogP contribution in [-0.4, -0.2) is 82.3 Å². The van der Waals surface area contributed by atoms with Crippen molar-refractivity contribution in [3.63, 3.8) is 0 Å². The summed E-state index contributed by atoms with van der Waals surface area (Å²) in [5.41, 5.74) is 0. The first-order chi connectivity index (χ1) is 16.6. The summed E-state index contributed by atoms with van der Waals surface area (Å²) in [6, 6.07) is 0. The molecule has 2 atom stereocenters. The molecular weight excluding hydrogens is 454 g/mol. The number of carboxylic acid groups (broad SMARTS) is 1. The van der Waals surface area contributed by atoms with Gasteiger partial charge < -0.3 is 33.3 Å². The van der Waals surface area contributed by atoms with Gasteiger partial charge in [-0.25, -0.2) is 0 Å². The van der Waals surface area contributed by atoms with Crippen LogP contribution in [0.3, 0.4) is 0 Å². The Hall–Kier alpha value is -1.71. The number of carbonyl (C=O) groups is 3. The van der Waals surface area contributed by atoms with Gasteiger partial charge in [0.25, 0.3) is 0 Å². The lowest BCUT2D eigenvalue weighted by Crippen LogP contribution is -2.44. The van der Waals surface area contributed by atoms with Crippen LogP contribution in [0, 0.1) is 0 Å². The smallest absolute Gasteiger partial charge is 0.306 e. The number of ether oxygens (including phenoxy) is 4. The molecule has 0 aromatic rings. The number of hydrogen-bond donors (Lipinski definition) is 0. The SMILES string of the molecule is CCCCCCCC(=O)OCC(COC(OCC[N+](C)(C)C)C(=O)[O-])OC(=O)CCCCCCC. The van der Waals surface area contributed by atoms with Crippen molar-refractivity contribution in [2.24, 2.45) is 0 Å². The van der Waals surface area contributed by atoms with E-state index < -0.39 is 24.3 Å². The van der Waals surface area contributed by atoms with Crippen molar-refractivity contribution >= 4 is 17.9 Å². The van der Waals surface area contributed by atoms with Crippen LogP contribution in [0.15, 0.2) is 0 Å². The molecule has 0 aliphatic carbocycles. The van der Waals surface area contributed by atoms with Crippen LogP contribution in [0.25, 0.3) is 0 Å². The van der Waals surface area contributed by atoms with Crippen molar-refractivity contribution < 1.29 is 42.9 Å². The fourth-order valence-corrected chi connectivity index (χ4v) is 3.18. The molecule has 0 rings (SSSR count). The summed E-state index contributed by atoms with van der Waals surface area (Å²) in [5.74, 6) is -2.32. The molecule has 35 heavy (non-hydrogen) atoms. The summed E-state index contributed by atoms with van der Waals surface area (Å²) >= 11 is 0. The average Bonchev–Trinajstić information content (AvgIpc) is 2.78. The van der Waals surface area contributed by atoms with E-state index in [0.717, 1.165) is 57.8 Å². The molecule has 0 aromatic heterocycles.